The van der Waals surface area contributed by atoms with E-state index in [0.29, 0.717) is 36.5 Å². The van der Waals surface area contributed by atoms with Crippen molar-refractivity contribution < 1.29 is 19.4 Å². The number of nitro benzene ring substituents is 1. The second-order valence-corrected chi connectivity index (χ2v) is 5.27. The van der Waals surface area contributed by atoms with Crippen molar-refractivity contribution in [3.63, 3.8) is 0 Å². The zero-order chi connectivity index (χ0) is 17.4. The molecule has 0 radical (unpaired) electrons. The summed E-state index contributed by atoms with van der Waals surface area (Å²) in [5.41, 5.74) is 2.11. The molecule has 1 aromatic carbocycles. The molecule has 0 aliphatic rings. The van der Waals surface area contributed by atoms with Crippen molar-refractivity contribution in [2.45, 2.75) is 38.5 Å². The fourth-order valence-corrected chi connectivity index (χ4v) is 2.20. The molecule has 1 heterocycles. The highest BCUT2D eigenvalue weighted by molar-refractivity contribution is 5.74. The van der Waals surface area contributed by atoms with Crippen LogP contribution in [0.3, 0.4) is 0 Å². The van der Waals surface area contributed by atoms with Crippen LogP contribution in [0.25, 0.3) is 11.4 Å². The van der Waals surface area contributed by atoms with Gasteiger partial charge < -0.3 is 4.52 Å². The van der Waals surface area contributed by atoms with Gasteiger partial charge in [-0.1, -0.05) is 30.1 Å². The van der Waals surface area contributed by atoms with E-state index in [1.807, 2.05) is 0 Å². The van der Waals surface area contributed by atoms with Crippen LogP contribution in [-0.4, -0.2) is 26.2 Å². The highest BCUT2D eigenvalue weighted by atomic mass is 16.6. The van der Waals surface area contributed by atoms with Crippen molar-refractivity contribution in [1.82, 2.24) is 15.6 Å². The molecule has 2 rings (SSSR count). The first-order valence-electron chi connectivity index (χ1n) is 7.60. The van der Waals surface area contributed by atoms with Crippen LogP contribution in [0.2, 0.25) is 0 Å². The lowest BCUT2D eigenvalue weighted by molar-refractivity contribution is -0.384. The normalized spacial score (nSPS) is 10.5. The smallest absolute Gasteiger partial charge is 0.270 e. The Morgan fingerprint density at radius 1 is 1.29 bits per heavy atom. The number of benzene rings is 1. The second kappa shape index (κ2) is 8.73. The Kier molecular flexibility index (Phi) is 6.38. The molecule has 0 atom stereocenters. The molecule has 128 valence electrons. The molecule has 0 bridgehead atoms. The predicted octanol–water partition coefficient (Wildman–Crippen LogP) is 2.64. The van der Waals surface area contributed by atoms with E-state index in [0.717, 1.165) is 19.3 Å². The fraction of sp³-hybridized carbons (Fsp3) is 0.400. The summed E-state index contributed by atoms with van der Waals surface area (Å²) in [7, 11) is 0. The summed E-state index contributed by atoms with van der Waals surface area (Å²) < 4.78 is 5.15. The van der Waals surface area contributed by atoms with E-state index < -0.39 is 4.92 Å². The van der Waals surface area contributed by atoms with E-state index >= 15 is 0 Å². The van der Waals surface area contributed by atoms with Gasteiger partial charge in [-0.3, -0.25) is 20.1 Å². The summed E-state index contributed by atoms with van der Waals surface area (Å²) in [6, 6.07) is 6.07. The number of nitrogens with one attached hydrogen (secondary N) is 1. The number of aromatic nitrogens is 2. The number of non-ortho nitro benzene ring substituents is 1. The maximum absolute atomic E-state index is 10.8. The Labute approximate surface area is 137 Å². The second-order valence-electron chi connectivity index (χ2n) is 5.27. The lowest BCUT2D eigenvalue weighted by atomic mass is 10.1. The molecule has 9 nitrogen and oxygen atoms in total. The van der Waals surface area contributed by atoms with E-state index in [4.69, 9.17) is 9.73 Å². The summed E-state index contributed by atoms with van der Waals surface area (Å²) >= 11 is 0. The Bertz CT molecular complexity index is 701. The number of unbranched alkanes of at least 4 members (excludes halogenated alkanes) is 3. The number of amides is 1. The number of hydrogen-bond donors (Lipinski definition) is 2. The third-order valence-electron chi connectivity index (χ3n) is 3.45. The van der Waals surface area contributed by atoms with Gasteiger partial charge in [-0.2, -0.15) is 4.98 Å². The number of carbonyl (C=O) groups is 1. The Morgan fingerprint density at radius 3 is 2.83 bits per heavy atom. The summed E-state index contributed by atoms with van der Waals surface area (Å²) in [4.78, 5) is 25.4. The monoisotopic (exact) mass is 334 g/mol. The van der Waals surface area contributed by atoms with Crippen LogP contribution >= 0.6 is 0 Å². The molecule has 0 fully saturated rings. The maximum Gasteiger partial charge on any atom is 0.270 e. The Balaban J connectivity index is 1.80. The largest absolute Gasteiger partial charge is 0.339 e. The molecule has 0 spiro atoms. The molecular formula is C15H18N4O5. The maximum atomic E-state index is 10.8. The van der Waals surface area contributed by atoms with Crippen molar-refractivity contribution in [1.29, 1.82) is 0 Å². The first-order chi connectivity index (χ1) is 11.6. The molecule has 2 aromatic rings. The van der Waals surface area contributed by atoms with Gasteiger partial charge in [0.25, 0.3) is 5.69 Å². The molecular weight excluding hydrogens is 316 g/mol. The number of hydrogen-bond acceptors (Lipinski definition) is 7. The molecule has 0 aliphatic heterocycles. The summed E-state index contributed by atoms with van der Waals surface area (Å²) in [6.07, 6.45) is 4.20. The number of rotatable bonds is 9. The van der Waals surface area contributed by atoms with Crippen LogP contribution in [0.5, 0.6) is 0 Å². The molecule has 1 amide bonds. The fourth-order valence-electron chi connectivity index (χ4n) is 2.20. The van der Waals surface area contributed by atoms with Gasteiger partial charge in [-0.25, -0.2) is 5.48 Å². The van der Waals surface area contributed by atoms with E-state index in [1.54, 1.807) is 17.6 Å². The molecule has 0 saturated carbocycles. The van der Waals surface area contributed by atoms with Crippen molar-refractivity contribution in [3.05, 3.63) is 40.3 Å². The molecule has 2 N–H and O–H groups in total. The summed E-state index contributed by atoms with van der Waals surface area (Å²) in [5.74, 6) is 0.423. The highest BCUT2D eigenvalue weighted by Gasteiger charge is 2.12. The van der Waals surface area contributed by atoms with Crippen molar-refractivity contribution in [2.75, 3.05) is 0 Å². The number of carbonyl (C=O) groups excluding carboxylic acids is 1. The summed E-state index contributed by atoms with van der Waals surface area (Å²) in [6.45, 7) is 0. The van der Waals surface area contributed by atoms with E-state index in [-0.39, 0.29) is 11.6 Å². The van der Waals surface area contributed by atoms with Crippen LogP contribution in [0.15, 0.2) is 28.8 Å². The van der Waals surface area contributed by atoms with Gasteiger partial charge in [0.2, 0.25) is 17.6 Å². The Morgan fingerprint density at radius 2 is 2.08 bits per heavy atom. The topological polar surface area (TPSA) is 131 Å². The van der Waals surface area contributed by atoms with Gasteiger partial charge in [-0.15, -0.1) is 0 Å². The van der Waals surface area contributed by atoms with Crippen LogP contribution in [0.1, 0.15) is 38.0 Å². The molecule has 0 saturated heterocycles. The van der Waals surface area contributed by atoms with E-state index in [1.165, 1.54) is 12.1 Å². The summed E-state index contributed by atoms with van der Waals surface area (Å²) in [5, 5.41) is 23.0. The third-order valence-corrected chi connectivity index (χ3v) is 3.45. The van der Waals surface area contributed by atoms with Crippen LogP contribution in [0.4, 0.5) is 5.69 Å². The minimum absolute atomic E-state index is 0.0224. The van der Waals surface area contributed by atoms with Crippen LogP contribution in [-0.2, 0) is 11.2 Å². The molecule has 24 heavy (non-hydrogen) atoms. The van der Waals surface area contributed by atoms with Gasteiger partial charge in [0.1, 0.15) is 0 Å². The quantitative estimate of drug-likeness (QED) is 0.312. The van der Waals surface area contributed by atoms with Gasteiger partial charge in [0.05, 0.1) is 4.92 Å². The lowest BCUT2D eigenvalue weighted by Gasteiger charge is -1.99. The number of nitrogens with zero attached hydrogens (tertiary/aromatic N) is 3. The van der Waals surface area contributed by atoms with Crippen LogP contribution < -0.4 is 5.48 Å². The number of nitro groups is 1. The van der Waals surface area contributed by atoms with Gasteiger partial charge in [0, 0.05) is 30.5 Å². The first-order valence-corrected chi connectivity index (χ1v) is 7.60. The van der Waals surface area contributed by atoms with Gasteiger partial charge in [0.15, 0.2) is 0 Å². The van der Waals surface area contributed by atoms with E-state index in [2.05, 4.69) is 10.1 Å². The highest BCUT2D eigenvalue weighted by Crippen LogP contribution is 2.21. The minimum Gasteiger partial charge on any atom is -0.339 e. The van der Waals surface area contributed by atoms with E-state index in [9.17, 15) is 14.9 Å². The first kappa shape index (κ1) is 17.5. The zero-order valence-corrected chi connectivity index (χ0v) is 13.0. The van der Waals surface area contributed by atoms with Crippen molar-refractivity contribution >= 4 is 11.6 Å². The van der Waals surface area contributed by atoms with Gasteiger partial charge in [-0.05, 0) is 12.8 Å². The molecule has 9 heteroatoms. The van der Waals surface area contributed by atoms with Gasteiger partial charge >= 0.3 is 0 Å². The molecule has 0 unspecified atom stereocenters. The van der Waals surface area contributed by atoms with Crippen LogP contribution in [0, 0.1) is 10.1 Å². The standard InChI is InChI=1S/C15H18N4O5/c20-13(17-21)8-3-1-2-4-9-14-16-15(18-24-14)11-6-5-7-12(10-11)19(22)23/h5-7,10,21H,1-4,8-9H2,(H,17,20). The lowest BCUT2D eigenvalue weighted by Crippen LogP contribution is -2.17. The van der Waals surface area contributed by atoms with Crippen molar-refractivity contribution in [3.8, 4) is 11.4 Å². The minimum atomic E-state index is -0.471. The average Bonchev–Trinajstić information content (AvgIpc) is 3.06. The predicted molar refractivity (Wildman–Crippen MR) is 83.1 cm³/mol. The molecule has 0 aliphatic carbocycles. The van der Waals surface area contributed by atoms with Crippen molar-refractivity contribution in [2.24, 2.45) is 0 Å². The zero-order valence-electron chi connectivity index (χ0n) is 13.0. The Hall–Kier alpha value is -2.81. The number of hydroxylamine groups is 1. The average molecular weight is 334 g/mol. The number of aryl methyl sites for hydroxylation is 1. The third kappa shape index (κ3) is 5.13. The SMILES string of the molecule is O=C(CCCCCCc1nc(-c2cccc([N+](=O)[O-])c2)no1)NO. The molecule has 1 aromatic heterocycles.